The quantitative estimate of drug-likeness (QED) is 0.657. The minimum Gasteiger partial charge on any atom is -0.362 e. The Morgan fingerprint density at radius 3 is 2.45 bits per heavy atom. The number of aryl methyl sites for hydroxylation is 2. The highest BCUT2D eigenvalue weighted by Crippen LogP contribution is 2.37. The van der Waals surface area contributed by atoms with E-state index < -0.39 is 0 Å². The smallest absolute Gasteiger partial charge is 0.143 e. The summed E-state index contributed by atoms with van der Waals surface area (Å²) in [5.74, 6) is 1.06. The van der Waals surface area contributed by atoms with Gasteiger partial charge in [0.2, 0.25) is 0 Å². The number of fused-ring (bicyclic) bond motifs is 2. The van der Waals surface area contributed by atoms with Gasteiger partial charge in [-0.1, -0.05) is 54.6 Å². The van der Waals surface area contributed by atoms with Gasteiger partial charge < -0.3 is 14.2 Å². The predicted octanol–water partition coefficient (Wildman–Crippen LogP) is 4.61. The Labute approximate surface area is 173 Å². The number of ether oxygens (including phenoxy) is 1. The molecule has 4 heteroatoms. The summed E-state index contributed by atoms with van der Waals surface area (Å²) >= 11 is 0. The molecule has 1 aromatic heterocycles. The monoisotopic (exact) mass is 387 g/mol. The van der Waals surface area contributed by atoms with Gasteiger partial charge in [-0.2, -0.15) is 0 Å². The Balaban J connectivity index is 1.58. The Hall–Kier alpha value is -2.43. The zero-order valence-electron chi connectivity index (χ0n) is 17.3. The van der Waals surface area contributed by atoms with Crippen LogP contribution >= 0.6 is 0 Å². The van der Waals surface area contributed by atoms with Crippen LogP contribution < -0.4 is 0 Å². The summed E-state index contributed by atoms with van der Waals surface area (Å²) in [6.07, 6.45) is 3.36. The van der Waals surface area contributed by atoms with Gasteiger partial charge in [-0.05, 0) is 44.4 Å². The van der Waals surface area contributed by atoms with E-state index in [1.165, 1.54) is 22.4 Å². The van der Waals surface area contributed by atoms with Gasteiger partial charge in [-0.15, -0.1) is 0 Å². The maximum Gasteiger partial charge on any atom is 0.143 e. The molecule has 2 aromatic carbocycles. The molecule has 0 saturated carbocycles. The Bertz CT molecular complexity index is 987. The molecule has 0 spiro atoms. The zero-order chi connectivity index (χ0) is 19.8. The molecule has 4 nitrogen and oxygen atoms in total. The van der Waals surface area contributed by atoms with Crippen molar-refractivity contribution >= 4 is 0 Å². The first-order valence-electron chi connectivity index (χ1n) is 10.7. The lowest BCUT2D eigenvalue weighted by atomic mass is 10.00. The molecule has 1 unspecified atom stereocenters. The van der Waals surface area contributed by atoms with Crippen molar-refractivity contribution in [1.29, 1.82) is 0 Å². The highest BCUT2D eigenvalue weighted by atomic mass is 16.5. The molecule has 1 atom stereocenters. The summed E-state index contributed by atoms with van der Waals surface area (Å²) in [4.78, 5) is 7.46. The third-order valence-corrected chi connectivity index (χ3v) is 6.39. The van der Waals surface area contributed by atoms with Gasteiger partial charge in [0.1, 0.15) is 11.9 Å². The topological polar surface area (TPSA) is 30.3 Å². The summed E-state index contributed by atoms with van der Waals surface area (Å²) in [6, 6.07) is 19.4. The molecule has 0 N–H and O–H groups in total. The number of hydrogen-bond donors (Lipinski definition) is 0. The van der Waals surface area contributed by atoms with Crippen molar-refractivity contribution in [3.63, 3.8) is 0 Å². The predicted molar refractivity (Wildman–Crippen MR) is 116 cm³/mol. The van der Waals surface area contributed by atoms with Crippen LogP contribution in [0, 0.1) is 6.92 Å². The van der Waals surface area contributed by atoms with Crippen LogP contribution in [0.4, 0.5) is 0 Å². The van der Waals surface area contributed by atoms with Crippen LogP contribution in [0.25, 0.3) is 11.3 Å². The van der Waals surface area contributed by atoms with E-state index in [4.69, 9.17) is 9.72 Å². The molecule has 150 valence electrons. The number of likely N-dealkylation sites (tertiary alicyclic amines) is 1. The number of hydrogen-bond acceptors (Lipinski definition) is 3. The Morgan fingerprint density at radius 1 is 0.931 bits per heavy atom. The lowest BCUT2D eigenvalue weighted by Crippen LogP contribution is -2.35. The van der Waals surface area contributed by atoms with E-state index in [2.05, 4.69) is 78.0 Å². The summed E-state index contributed by atoms with van der Waals surface area (Å²) in [5, 5.41) is 0. The SMILES string of the molecule is Cc1nc2n(c1-c1ccccc1)CCc1ccccc1C2OC1CCN(C)CC1. The molecule has 2 aliphatic rings. The largest absolute Gasteiger partial charge is 0.362 e. The van der Waals surface area contributed by atoms with Gasteiger partial charge in [-0.25, -0.2) is 4.98 Å². The maximum absolute atomic E-state index is 6.81. The molecule has 3 heterocycles. The second-order valence-electron chi connectivity index (χ2n) is 8.39. The summed E-state index contributed by atoms with van der Waals surface area (Å²) in [7, 11) is 2.19. The highest BCUT2D eigenvalue weighted by Gasteiger charge is 2.32. The van der Waals surface area contributed by atoms with Crippen LogP contribution in [0.2, 0.25) is 0 Å². The van der Waals surface area contributed by atoms with Crippen LogP contribution in [0.1, 0.15) is 41.6 Å². The van der Waals surface area contributed by atoms with Gasteiger partial charge in [-0.3, -0.25) is 0 Å². The summed E-state index contributed by atoms with van der Waals surface area (Å²) in [5.41, 5.74) is 6.21. The normalized spacial score (nSPS) is 20.1. The minimum atomic E-state index is -0.0988. The van der Waals surface area contributed by atoms with Crippen molar-refractivity contribution in [3.8, 4) is 11.3 Å². The average molecular weight is 388 g/mol. The van der Waals surface area contributed by atoms with Crippen LogP contribution in [0.3, 0.4) is 0 Å². The van der Waals surface area contributed by atoms with E-state index in [0.717, 1.165) is 50.4 Å². The Kier molecular flexibility index (Phi) is 4.98. The lowest BCUT2D eigenvalue weighted by molar-refractivity contribution is -0.0275. The van der Waals surface area contributed by atoms with Crippen LogP contribution in [-0.4, -0.2) is 40.7 Å². The fourth-order valence-corrected chi connectivity index (χ4v) is 4.82. The van der Waals surface area contributed by atoms with E-state index >= 15 is 0 Å². The second kappa shape index (κ2) is 7.77. The van der Waals surface area contributed by atoms with Crippen molar-refractivity contribution in [1.82, 2.24) is 14.5 Å². The van der Waals surface area contributed by atoms with Crippen molar-refractivity contribution in [3.05, 3.63) is 77.2 Å². The highest BCUT2D eigenvalue weighted by molar-refractivity contribution is 5.63. The molecule has 1 saturated heterocycles. The Morgan fingerprint density at radius 2 is 1.66 bits per heavy atom. The standard InChI is InChI=1S/C25H29N3O/c1-18-23(20-9-4-3-5-10-20)28-17-12-19-8-6-7-11-22(19)24(25(28)26-18)29-21-13-15-27(2)16-14-21/h3-11,21,24H,12-17H2,1-2H3. The maximum atomic E-state index is 6.81. The van der Waals surface area contributed by atoms with E-state index in [1.54, 1.807) is 0 Å². The van der Waals surface area contributed by atoms with Gasteiger partial charge in [0.15, 0.2) is 0 Å². The minimum absolute atomic E-state index is 0.0988. The van der Waals surface area contributed by atoms with Crippen LogP contribution in [0.5, 0.6) is 0 Å². The second-order valence-corrected chi connectivity index (χ2v) is 8.39. The van der Waals surface area contributed by atoms with Gasteiger partial charge in [0, 0.05) is 25.2 Å². The first-order valence-corrected chi connectivity index (χ1v) is 10.7. The average Bonchev–Trinajstić information content (AvgIpc) is 3.01. The lowest BCUT2D eigenvalue weighted by Gasteiger charge is -2.32. The zero-order valence-corrected chi connectivity index (χ0v) is 17.3. The van der Waals surface area contributed by atoms with E-state index in [-0.39, 0.29) is 12.2 Å². The van der Waals surface area contributed by atoms with E-state index in [9.17, 15) is 0 Å². The van der Waals surface area contributed by atoms with Crippen LogP contribution in [0.15, 0.2) is 54.6 Å². The van der Waals surface area contributed by atoms with Crippen LogP contribution in [-0.2, 0) is 17.7 Å². The molecular formula is C25H29N3O. The molecule has 1 fully saturated rings. The molecule has 0 aliphatic carbocycles. The molecule has 2 aliphatic heterocycles. The van der Waals surface area contributed by atoms with Crippen molar-refractivity contribution in [2.75, 3.05) is 20.1 Å². The number of rotatable bonds is 3. The molecule has 3 aromatic rings. The number of benzene rings is 2. The van der Waals surface area contributed by atoms with E-state index in [0.29, 0.717) is 0 Å². The van der Waals surface area contributed by atoms with Gasteiger partial charge >= 0.3 is 0 Å². The number of piperidine rings is 1. The van der Waals surface area contributed by atoms with E-state index in [1.807, 2.05) is 0 Å². The summed E-state index contributed by atoms with van der Waals surface area (Å²) < 4.78 is 9.21. The molecule has 0 radical (unpaired) electrons. The number of aromatic nitrogens is 2. The number of imidazole rings is 1. The van der Waals surface area contributed by atoms with Crippen molar-refractivity contribution in [2.24, 2.45) is 0 Å². The first-order chi connectivity index (χ1) is 14.2. The first kappa shape index (κ1) is 18.6. The third kappa shape index (κ3) is 3.52. The van der Waals surface area contributed by atoms with Gasteiger partial charge in [0.05, 0.1) is 17.5 Å². The molecule has 5 rings (SSSR count). The third-order valence-electron chi connectivity index (χ3n) is 6.39. The molecular weight excluding hydrogens is 358 g/mol. The fraction of sp³-hybridized carbons (Fsp3) is 0.400. The van der Waals surface area contributed by atoms with Gasteiger partial charge in [0.25, 0.3) is 0 Å². The molecule has 29 heavy (non-hydrogen) atoms. The fourth-order valence-electron chi connectivity index (χ4n) is 4.82. The number of nitrogens with zero attached hydrogens (tertiary/aromatic N) is 3. The summed E-state index contributed by atoms with van der Waals surface area (Å²) in [6.45, 7) is 5.26. The molecule has 0 amide bonds. The van der Waals surface area contributed by atoms with Crippen molar-refractivity contribution < 1.29 is 4.74 Å². The molecule has 0 bridgehead atoms. The van der Waals surface area contributed by atoms with Crippen molar-refractivity contribution in [2.45, 2.75) is 44.9 Å².